The molecule has 0 radical (unpaired) electrons. The number of amides is 2. The number of carbonyl (C=O) groups excluding carboxylic acids is 2. The normalized spacial score (nSPS) is 11.7. The van der Waals surface area contributed by atoms with Crippen LogP contribution in [0.1, 0.15) is 47.9 Å². The number of methoxy groups -OCH3 is 1. The third-order valence-electron chi connectivity index (χ3n) is 6.46. The molecular weight excluding hydrogens is 532 g/mol. The molecule has 0 spiro atoms. The lowest BCUT2D eigenvalue weighted by Crippen LogP contribution is -2.49. The van der Waals surface area contributed by atoms with Crippen molar-refractivity contribution in [1.29, 1.82) is 0 Å². The summed E-state index contributed by atoms with van der Waals surface area (Å²) in [6.45, 7) is 4.00. The van der Waals surface area contributed by atoms with E-state index in [-0.39, 0.29) is 24.3 Å². The van der Waals surface area contributed by atoms with Crippen molar-refractivity contribution < 1.29 is 28.6 Å². The first kappa shape index (κ1) is 30.7. The number of carboxylic acids is 1. The van der Waals surface area contributed by atoms with E-state index in [2.05, 4.69) is 10.6 Å². The summed E-state index contributed by atoms with van der Waals surface area (Å²) in [7, 11) is 1.54. The Bertz CT molecular complexity index is 1390. The number of nitrogens with one attached hydrogen (secondary N) is 2. The van der Waals surface area contributed by atoms with Crippen LogP contribution in [0.15, 0.2) is 51.7 Å². The topological polar surface area (TPSA) is 135 Å². The molecule has 2 amide bonds. The van der Waals surface area contributed by atoms with Crippen LogP contribution in [-0.4, -0.2) is 48.3 Å². The van der Waals surface area contributed by atoms with Crippen molar-refractivity contribution in [1.82, 2.24) is 10.6 Å². The molecule has 10 heteroatoms. The Balaban J connectivity index is 1.70. The molecule has 1 atom stereocenters. The lowest BCUT2D eigenvalue weighted by molar-refractivity contribution is -0.137. The fraction of sp³-hybridized carbons (Fsp3) is 0.400. The fourth-order valence-electron chi connectivity index (χ4n) is 4.37. The smallest absolute Gasteiger partial charge is 0.340 e. The van der Waals surface area contributed by atoms with Crippen molar-refractivity contribution in [2.24, 2.45) is 0 Å². The highest BCUT2D eigenvalue weighted by Gasteiger charge is 2.23. The van der Waals surface area contributed by atoms with Gasteiger partial charge in [0.05, 0.1) is 24.5 Å². The summed E-state index contributed by atoms with van der Waals surface area (Å²) < 4.78 is 11.0. The zero-order chi connectivity index (χ0) is 29.1. The molecule has 0 saturated carbocycles. The van der Waals surface area contributed by atoms with E-state index in [4.69, 9.17) is 14.3 Å². The van der Waals surface area contributed by atoms with Gasteiger partial charge in [-0.1, -0.05) is 36.8 Å². The molecule has 1 heterocycles. The largest absolute Gasteiger partial charge is 0.496 e. The predicted octanol–water partition coefficient (Wildman–Crippen LogP) is 4.14. The van der Waals surface area contributed by atoms with E-state index in [1.807, 2.05) is 43.3 Å². The molecule has 0 aliphatic carbocycles. The van der Waals surface area contributed by atoms with Crippen molar-refractivity contribution in [3.8, 4) is 5.75 Å². The Morgan fingerprint density at radius 2 is 1.82 bits per heavy atom. The molecule has 3 rings (SSSR count). The number of carbonyl (C=O) groups is 3. The van der Waals surface area contributed by atoms with Gasteiger partial charge < -0.3 is 24.9 Å². The second-order valence-corrected chi connectivity index (χ2v) is 10.7. The van der Waals surface area contributed by atoms with E-state index in [9.17, 15) is 19.2 Å². The van der Waals surface area contributed by atoms with E-state index in [1.165, 1.54) is 18.9 Å². The molecular formula is C30H36N2O7S. The summed E-state index contributed by atoms with van der Waals surface area (Å²) in [5.41, 5.74) is 2.57. The van der Waals surface area contributed by atoms with Crippen molar-refractivity contribution >= 4 is 40.5 Å². The number of aryl methyl sites for hydroxylation is 2. The minimum absolute atomic E-state index is 0.0937. The molecule has 1 aromatic heterocycles. The number of carboxylic acid groups (broad SMARTS) is 1. The van der Waals surface area contributed by atoms with Crippen molar-refractivity contribution in [2.45, 2.75) is 57.7 Å². The van der Waals surface area contributed by atoms with Crippen LogP contribution in [0.3, 0.4) is 0 Å². The predicted molar refractivity (Wildman–Crippen MR) is 156 cm³/mol. The summed E-state index contributed by atoms with van der Waals surface area (Å²) in [5.74, 6) is -0.0803. The molecule has 0 aliphatic rings. The van der Waals surface area contributed by atoms with Gasteiger partial charge in [0, 0.05) is 24.5 Å². The number of fused-ring (bicyclic) bond motifs is 1. The number of hydrogen-bond acceptors (Lipinski definition) is 7. The quantitative estimate of drug-likeness (QED) is 0.184. The van der Waals surface area contributed by atoms with E-state index < -0.39 is 23.5 Å². The molecule has 3 N–H and O–H groups in total. The van der Waals surface area contributed by atoms with Crippen LogP contribution >= 0.6 is 11.8 Å². The summed E-state index contributed by atoms with van der Waals surface area (Å²) in [5, 5.41) is 15.0. The second kappa shape index (κ2) is 15.1. The standard InChI is InChI=1S/C30H36N2O7S/c1-19-14-24(38-3)28-20(2)22(30(37)39-25(28)15-19)16-26(33)32-23(18-40-17-21-10-6-4-7-11-21)29(36)31-13-9-5-8-12-27(34)35/h4,6-7,10-11,14-15,23H,5,8-9,12-13,16-18H2,1-3H3,(H,31,36)(H,32,33)(H,34,35). The van der Waals surface area contributed by atoms with Gasteiger partial charge in [-0.25, -0.2) is 4.79 Å². The minimum atomic E-state index is -0.841. The molecule has 0 saturated heterocycles. The number of unbranched alkanes of at least 4 members (excludes halogenated alkanes) is 2. The number of rotatable bonds is 15. The average Bonchev–Trinajstić information content (AvgIpc) is 2.92. The lowest BCUT2D eigenvalue weighted by atomic mass is 10.0. The zero-order valence-corrected chi connectivity index (χ0v) is 23.9. The highest BCUT2D eigenvalue weighted by atomic mass is 32.2. The monoisotopic (exact) mass is 568 g/mol. The Hall–Kier alpha value is -3.79. The van der Waals surface area contributed by atoms with Gasteiger partial charge in [-0.3, -0.25) is 14.4 Å². The van der Waals surface area contributed by atoms with Crippen LogP contribution < -0.4 is 21.0 Å². The van der Waals surface area contributed by atoms with Crippen LogP contribution in [0.5, 0.6) is 5.75 Å². The molecule has 40 heavy (non-hydrogen) atoms. The fourth-order valence-corrected chi connectivity index (χ4v) is 5.39. The minimum Gasteiger partial charge on any atom is -0.496 e. The van der Waals surface area contributed by atoms with Gasteiger partial charge in [-0.15, -0.1) is 0 Å². The van der Waals surface area contributed by atoms with E-state index >= 15 is 0 Å². The maximum absolute atomic E-state index is 13.1. The van der Waals surface area contributed by atoms with Crippen LogP contribution in [0, 0.1) is 13.8 Å². The first-order valence-corrected chi connectivity index (χ1v) is 14.4. The van der Waals surface area contributed by atoms with Crippen molar-refractivity contribution in [3.63, 3.8) is 0 Å². The van der Waals surface area contributed by atoms with Gasteiger partial charge in [-0.2, -0.15) is 11.8 Å². The van der Waals surface area contributed by atoms with Crippen LogP contribution in [0.2, 0.25) is 0 Å². The van der Waals surface area contributed by atoms with Gasteiger partial charge in [0.1, 0.15) is 17.4 Å². The molecule has 2 aromatic carbocycles. The zero-order valence-electron chi connectivity index (χ0n) is 23.1. The first-order valence-electron chi connectivity index (χ1n) is 13.2. The third-order valence-corrected chi connectivity index (χ3v) is 7.57. The molecule has 0 bridgehead atoms. The summed E-state index contributed by atoms with van der Waals surface area (Å²) in [6, 6.07) is 12.6. The lowest BCUT2D eigenvalue weighted by Gasteiger charge is -2.19. The summed E-state index contributed by atoms with van der Waals surface area (Å²) >= 11 is 1.52. The van der Waals surface area contributed by atoms with E-state index in [0.29, 0.717) is 59.6 Å². The highest BCUT2D eigenvalue weighted by molar-refractivity contribution is 7.98. The maximum Gasteiger partial charge on any atom is 0.340 e. The van der Waals surface area contributed by atoms with Crippen LogP contribution in [0.25, 0.3) is 11.0 Å². The van der Waals surface area contributed by atoms with Gasteiger partial charge in [0.2, 0.25) is 11.8 Å². The maximum atomic E-state index is 13.1. The molecule has 0 fully saturated rings. The molecule has 9 nitrogen and oxygen atoms in total. The van der Waals surface area contributed by atoms with Gasteiger partial charge in [0.15, 0.2) is 0 Å². The van der Waals surface area contributed by atoms with Crippen molar-refractivity contribution in [3.05, 3.63) is 75.1 Å². The molecule has 1 unspecified atom stereocenters. The summed E-state index contributed by atoms with van der Waals surface area (Å²) in [4.78, 5) is 49.6. The number of hydrogen-bond donors (Lipinski definition) is 3. The van der Waals surface area contributed by atoms with Crippen LogP contribution in [0.4, 0.5) is 0 Å². The number of aliphatic carboxylic acids is 1. The Morgan fingerprint density at radius 3 is 2.52 bits per heavy atom. The Kier molecular flexibility index (Phi) is 11.6. The SMILES string of the molecule is COc1cc(C)cc2oc(=O)c(CC(=O)NC(CSCc3ccccc3)C(=O)NCCCCCC(=O)O)c(C)c12. The summed E-state index contributed by atoms with van der Waals surface area (Å²) in [6.07, 6.45) is 1.69. The van der Waals surface area contributed by atoms with E-state index in [0.717, 1.165) is 11.1 Å². The third kappa shape index (κ3) is 8.87. The average molecular weight is 569 g/mol. The second-order valence-electron chi connectivity index (χ2n) is 9.63. The van der Waals surface area contributed by atoms with Crippen LogP contribution in [-0.2, 0) is 26.6 Å². The van der Waals surface area contributed by atoms with Gasteiger partial charge >= 0.3 is 11.6 Å². The Morgan fingerprint density at radius 1 is 1.07 bits per heavy atom. The number of benzene rings is 2. The number of thioether (sulfide) groups is 1. The van der Waals surface area contributed by atoms with E-state index in [1.54, 1.807) is 13.0 Å². The Labute approximate surface area is 237 Å². The molecule has 0 aliphatic heterocycles. The number of ether oxygens (including phenoxy) is 1. The first-order chi connectivity index (χ1) is 19.2. The molecule has 214 valence electrons. The van der Waals surface area contributed by atoms with Gasteiger partial charge in [0.25, 0.3) is 0 Å². The van der Waals surface area contributed by atoms with Gasteiger partial charge in [-0.05, 0) is 55.5 Å². The van der Waals surface area contributed by atoms with Crippen molar-refractivity contribution in [2.75, 3.05) is 19.4 Å². The molecule has 3 aromatic rings. The highest BCUT2D eigenvalue weighted by Crippen LogP contribution is 2.30.